The van der Waals surface area contributed by atoms with Crippen molar-refractivity contribution in [2.24, 2.45) is 0 Å². The van der Waals surface area contributed by atoms with Crippen molar-refractivity contribution in [3.05, 3.63) is 65.7 Å². The van der Waals surface area contributed by atoms with E-state index in [0.29, 0.717) is 0 Å². The highest BCUT2D eigenvalue weighted by atomic mass is 16.2. The first kappa shape index (κ1) is 14.1. The van der Waals surface area contributed by atoms with Gasteiger partial charge in [0, 0.05) is 5.69 Å². The molecule has 2 rings (SSSR count). The number of rotatable bonds is 4. The molecule has 0 aromatic heterocycles. The molecule has 2 aromatic carbocycles. The van der Waals surface area contributed by atoms with Crippen LogP contribution in [0, 0.1) is 0 Å². The van der Waals surface area contributed by atoms with Gasteiger partial charge in [-0.05, 0) is 30.5 Å². The summed E-state index contributed by atoms with van der Waals surface area (Å²) in [5.41, 5.74) is 3.09. The minimum absolute atomic E-state index is 0.0232. The molecule has 0 aliphatic heterocycles. The van der Waals surface area contributed by atoms with Gasteiger partial charge in [-0.25, -0.2) is 4.79 Å². The van der Waals surface area contributed by atoms with Crippen molar-refractivity contribution in [2.45, 2.75) is 26.3 Å². The minimum Gasteiger partial charge on any atom is -0.331 e. The Morgan fingerprint density at radius 2 is 1.70 bits per heavy atom. The van der Waals surface area contributed by atoms with Crippen LogP contribution in [0.4, 0.5) is 10.5 Å². The van der Waals surface area contributed by atoms with Crippen LogP contribution in [0.1, 0.15) is 31.0 Å². The number of hydrogen-bond acceptors (Lipinski definition) is 1. The number of amides is 2. The molecule has 0 bridgehead atoms. The Kier molecular flexibility index (Phi) is 4.77. The van der Waals surface area contributed by atoms with Gasteiger partial charge in [0.15, 0.2) is 0 Å². The van der Waals surface area contributed by atoms with Crippen molar-refractivity contribution in [3.63, 3.8) is 0 Å². The van der Waals surface area contributed by atoms with Gasteiger partial charge in [-0.15, -0.1) is 0 Å². The number of anilines is 1. The molecule has 1 atom stereocenters. The van der Waals surface area contributed by atoms with E-state index >= 15 is 0 Å². The van der Waals surface area contributed by atoms with Crippen LogP contribution in [0.15, 0.2) is 54.6 Å². The maximum absolute atomic E-state index is 12.0. The predicted molar refractivity (Wildman–Crippen MR) is 82.8 cm³/mol. The quantitative estimate of drug-likeness (QED) is 0.860. The van der Waals surface area contributed by atoms with Crippen LogP contribution in [0.3, 0.4) is 0 Å². The second kappa shape index (κ2) is 6.75. The Morgan fingerprint density at radius 1 is 1.05 bits per heavy atom. The van der Waals surface area contributed by atoms with Crippen LogP contribution in [0.5, 0.6) is 0 Å². The van der Waals surface area contributed by atoms with E-state index in [1.165, 1.54) is 0 Å². The van der Waals surface area contributed by atoms with Crippen molar-refractivity contribution in [1.82, 2.24) is 5.32 Å². The number of para-hydroxylation sites is 1. The lowest BCUT2D eigenvalue weighted by molar-refractivity contribution is 0.249. The van der Waals surface area contributed by atoms with Crippen molar-refractivity contribution >= 4 is 11.7 Å². The average molecular weight is 268 g/mol. The van der Waals surface area contributed by atoms with E-state index in [2.05, 4.69) is 17.6 Å². The topological polar surface area (TPSA) is 41.1 Å². The molecule has 2 aromatic rings. The highest BCUT2D eigenvalue weighted by molar-refractivity contribution is 5.90. The summed E-state index contributed by atoms with van der Waals surface area (Å²) in [6.45, 7) is 4.05. The van der Waals surface area contributed by atoms with Gasteiger partial charge >= 0.3 is 6.03 Å². The molecule has 0 saturated carbocycles. The molecule has 0 heterocycles. The summed E-state index contributed by atoms with van der Waals surface area (Å²) in [5.74, 6) is 0. The predicted octanol–water partition coefficient (Wildman–Crippen LogP) is 4.13. The Hall–Kier alpha value is -2.29. The van der Waals surface area contributed by atoms with Crippen LogP contribution in [-0.4, -0.2) is 6.03 Å². The van der Waals surface area contributed by atoms with Crippen LogP contribution in [0.25, 0.3) is 0 Å². The van der Waals surface area contributed by atoms with Gasteiger partial charge in [0.05, 0.1) is 6.04 Å². The number of urea groups is 1. The van der Waals surface area contributed by atoms with Crippen LogP contribution in [0.2, 0.25) is 0 Å². The summed E-state index contributed by atoms with van der Waals surface area (Å²) in [5, 5.41) is 5.86. The smallest absolute Gasteiger partial charge is 0.319 e. The van der Waals surface area contributed by atoms with Gasteiger partial charge in [-0.1, -0.05) is 55.5 Å². The molecule has 0 radical (unpaired) electrons. The molecule has 0 fully saturated rings. The van der Waals surface area contributed by atoms with Crippen LogP contribution in [-0.2, 0) is 6.42 Å². The lowest BCUT2D eigenvalue weighted by Crippen LogP contribution is -2.31. The molecule has 2 amide bonds. The molecule has 20 heavy (non-hydrogen) atoms. The molecule has 3 heteroatoms. The lowest BCUT2D eigenvalue weighted by Gasteiger charge is -2.16. The first-order valence-electron chi connectivity index (χ1n) is 6.91. The monoisotopic (exact) mass is 268 g/mol. The standard InChI is InChI=1S/C17H20N2O/c1-3-14-9-7-8-12-16(14)19-17(20)18-13(2)15-10-5-4-6-11-15/h4-13H,3H2,1-2H3,(H2,18,19,20)/t13-/m0/s1. The molecular weight excluding hydrogens is 248 g/mol. The zero-order chi connectivity index (χ0) is 14.4. The van der Waals surface area contributed by atoms with Gasteiger partial charge in [0.25, 0.3) is 0 Å². The van der Waals surface area contributed by atoms with E-state index in [-0.39, 0.29) is 12.1 Å². The number of benzene rings is 2. The maximum Gasteiger partial charge on any atom is 0.319 e. The van der Waals surface area contributed by atoms with Gasteiger partial charge in [0.1, 0.15) is 0 Å². The zero-order valence-electron chi connectivity index (χ0n) is 11.9. The molecule has 0 aliphatic carbocycles. The summed E-state index contributed by atoms with van der Waals surface area (Å²) >= 11 is 0. The van der Waals surface area contributed by atoms with Crippen molar-refractivity contribution < 1.29 is 4.79 Å². The van der Waals surface area contributed by atoms with E-state index in [0.717, 1.165) is 23.2 Å². The molecule has 3 nitrogen and oxygen atoms in total. The second-order valence-corrected chi connectivity index (χ2v) is 4.74. The normalized spacial score (nSPS) is 11.7. The molecule has 2 N–H and O–H groups in total. The Bertz CT molecular complexity index is 566. The second-order valence-electron chi connectivity index (χ2n) is 4.74. The molecule has 0 spiro atoms. The fraction of sp³-hybridized carbons (Fsp3) is 0.235. The lowest BCUT2D eigenvalue weighted by atomic mass is 10.1. The summed E-state index contributed by atoms with van der Waals surface area (Å²) in [6, 6.07) is 17.6. The molecule has 104 valence electrons. The Labute approximate surface area is 120 Å². The molecule has 0 unspecified atom stereocenters. The summed E-state index contributed by atoms with van der Waals surface area (Å²) in [7, 11) is 0. The summed E-state index contributed by atoms with van der Waals surface area (Å²) in [4.78, 5) is 12.0. The molecule has 0 aliphatic rings. The zero-order valence-corrected chi connectivity index (χ0v) is 11.9. The van der Waals surface area contributed by atoms with E-state index in [9.17, 15) is 4.79 Å². The van der Waals surface area contributed by atoms with E-state index in [1.807, 2.05) is 61.5 Å². The maximum atomic E-state index is 12.0. The van der Waals surface area contributed by atoms with E-state index in [4.69, 9.17) is 0 Å². The van der Waals surface area contributed by atoms with Crippen molar-refractivity contribution in [3.8, 4) is 0 Å². The highest BCUT2D eigenvalue weighted by Gasteiger charge is 2.10. The molecular formula is C17H20N2O. The van der Waals surface area contributed by atoms with Gasteiger partial charge in [-0.3, -0.25) is 0 Å². The first-order chi connectivity index (χ1) is 9.70. The molecule has 0 saturated heterocycles. The number of hydrogen-bond donors (Lipinski definition) is 2. The minimum atomic E-state index is -0.178. The number of aryl methyl sites for hydroxylation is 1. The number of nitrogens with one attached hydrogen (secondary N) is 2. The Morgan fingerprint density at radius 3 is 2.40 bits per heavy atom. The number of carbonyl (C=O) groups excluding carboxylic acids is 1. The number of carbonyl (C=O) groups is 1. The van der Waals surface area contributed by atoms with Crippen molar-refractivity contribution in [1.29, 1.82) is 0 Å². The summed E-state index contributed by atoms with van der Waals surface area (Å²) in [6.07, 6.45) is 0.894. The van der Waals surface area contributed by atoms with E-state index in [1.54, 1.807) is 0 Å². The highest BCUT2D eigenvalue weighted by Crippen LogP contribution is 2.16. The Balaban J connectivity index is 1.99. The third-order valence-electron chi connectivity index (χ3n) is 3.29. The fourth-order valence-corrected chi connectivity index (χ4v) is 2.13. The summed E-state index contributed by atoms with van der Waals surface area (Å²) < 4.78 is 0. The third kappa shape index (κ3) is 3.60. The average Bonchev–Trinajstić information content (AvgIpc) is 2.48. The largest absolute Gasteiger partial charge is 0.331 e. The van der Waals surface area contributed by atoms with Crippen LogP contribution < -0.4 is 10.6 Å². The van der Waals surface area contributed by atoms with Crippen LogP contribution >= 0.6 is 0 Å². The third-order valence-corrected chi connectivity index (χ3v) is 3.29. The SMILES string of the molecule is CCc1ccccc1NC(=O)N[C@@H](C)c1ccccc1. The fourth-order valence-electron chi connectivity index (χ4n) is 2.13. The van der Waals surface area contributed by atoms with Crippen molar-refractivity contribution in [2.75, 3.05) is 5.32 Å². The van der Waals surface area contributed by atoms with Gasteiger partial charge in [-0.2, -0.15) is 0 Å². The first-order valence-corrected chi connectivity index (χ1v) is 6.91. The van der Waals surface area contributed by atoms with Gasteiger partial charge in [0.2, 0.25) is 0 Å². The van der Waals surface area contributed by atoms with E-state index < -0.39 is 0 Å². The van der Waals surface area contributed by atoms with Gasteiger partial charge < -0.3 is 10.6 Å².